The summed E-state index contributed by atoms with van der Waals surface area (Å²) in [6.45, 7) is 1.90. The monoisotopic (exact) mass is 189 g/mol. The van der Waals surface area contributed by atoms with Crippen molar-refractivity contribution in [2.45, 2.75) is 18.4 Å². The van der Waals surface area contributed by atoms with Gasteiger partial charge in [-0.15, -0.1) is 0 Å². The first-order valence-electron chi connectivity index (χ1n) is 3.51. The van der Waals surface area contributed by atoms with Crippen molar-refractivity contribution in [1.82, 2.24) is 9.78 Å². The Hall–Kier alpha value is -0.880. The Morgan fingerprint density at radius 3 is 2.50 bits per heavy atom. The second-order valence-electron chi connectivity index (χ2n) is 2.50. The van der Waals surface area contributed by atoms with Crippen molar-refractivity contribution in [3.8, 4) is 0 Å². The molecule has 0 radical (unpaired) electrons. The Bertz CT molecular complexity index is 379. The molecule has 5 nitrogen and oxygen atoms in total. The molecule has 1 heterocycles. The fraction of sp³-hybridized carbons (Fsp3) is 0.500. The second kappa shape index (κ2) is 2.87. The molecule has 12 heavy (non-hydrogen) atoms. The average molecular weight is 189 g/mol. The number of hydrogen-bond donors (Lipinski definition) is 1. The third kappa shape index (κ3) is 1.64. The number of nitrogens with zero attached hydrogens (tertiary/aromatic N) is 2. The topological polar surface area (TPSA) is 78.0 Å². The van der Waals surface area contributed by atoms with Crippen LogP contribution >= 0.6 is 0 Å². The highest BCUT2D eigenvalue weighted by Gasteiger charge is 2.14. The van der Waals surface area contributed by atoms with Gasteiger partial charge >= 0.3 is 0 Å². The summed E-state index contributed by atoms with van der Waals surface area (Å²) in [6, 6.07) is 1.48. The Kier molecular flexibility index (Phi) is 2.20. The first-order chi connectivity index (χ1) is 5.45. The summed E-state index contributed by atoms with van der Waals surface area (Å²) in [5.74, 6) is 0. The smallest absolute Gasteiger partial charge is 0.255 e. The number of nitrogens with two attached hydrogens (primary N) is 1. The Morgan fingerprint density at radius 1 is 1.67 bits per heavy atom. The number of aryl methyl sites for hydroxylation is 2. The molecule has 0 aromatic carbocycles. The molecule has 0 amide bonds. The van der Waals surface area contributed by atoms with Gasteiger partial charge < -0.3 is 0 Å². The molecule has 2 N–H and O–H groups in total. The van der Waals surface area contributed by atoms with E-state index in [1.807, 2.05) is 6.92 Å². The molecule has 0 aliphatic heterocycles. The second-order valence-corrected chi connectivity index (χ2v) is 4.00. The van der Waals surface area contributed by atoms with Crippen LogP contribution in [0.3, 0.4) is 0 Å². The van der Waals surface area contributed by atoms with Gasteiger partial charge in [-0.25, -0.2) is 13.6 Å². The van der Waals surface area contributed by atoms with Crippen LogP contribution < -0.4 is 5.14 Å². The van der Waals surface area contributed by atoms with Crippen LogP contribution in [-0.2, 0) is 23.5 Å². The Morgan fingerprint density at radius 2 is 2.25 bits per heavy atom. The van der Waals surface area contributed by atoms with Gasteiger partial charge in [0.2, 0.25) is 0 Å². The normalized spacial score (nSPS) is 11.9. The largest absolute Gasteiger partial charge is 0.256 e. The molecule has 0 saturated carbocycles. The minimum Gasteiger partial charge on any atom is -0.256 e. The zero-order valence-corrected chi connectivity index (χ0v) is 7.80. The molecule has 0 atom stereocenters. The van der Waals surface area contributed by atoms with Crippen LogP contribution in [0.15, 0.2) is 11.1 Å². The van der Waals surface area contributed by atoms with Crippen LogP contribution in [0.5, 0.6) is 0 Å². The SMILES string of the molecule is CCc1cc(S(N)(=O)=O)n(C)n1. The van der Waals surface area contributed by atoms with Gasteiger partial charge in [0.25, 0.3) is 10.0 Å². The lowest BCUT2D eigenvalue weighted by atomic mass is 10.3. The summed E-state index contributed by atoms with van der Waals surface area (Å²) in [7, 11) is -2.07. The molecular weight excluding hydrogens is 178 g/mol. The molecular formula is C6H11N3O2S. The van der Waals surface area contributed by atoms with Crippen molar-refractivity contribution in [3.63, 3.8) is 0 Å². The van der Waals surface area contributed by atoms with E-state index in [-0.39, 0.29) is 5.03 Å². The molecule has 0 saturated heterocycles. The van der Waals surface area contributed by atoms with Crippen molar-refractivity contribution in [1.29, 1.82) is 0 Å². The van der Waals surface area contributed by atoms with Crippen molar-refractivity contribution in [2.75, 3.05) is 0 Å². The number of rotatable bonds is 2. The van der Waals surface area contributed by atoms with E-state index in [0.717, 1.165) is 5.69 Å². The lowest BCUT2D eigenvalue weighted by Crippen LogP contribution is -2.16. The standard InChI is InChI=1S/C6H11N3O2S/c1-3-5-4-6(9(2)8-5)12(7,10)11/h4H,3H2,1-2H3,(H2,7,10,11). The van der Waals surface area contributed by atoms with Crippen LogP contribution in [-0.4, -0.2) is 18.2 Å². The van der Waals surface area contributed by atoms with Crippen LogP contribution in [0.1, 0.15) is 12.6 Å². The molecule has 1 aromatic heterocycles. The quantitative estimate of drug-likeness (QED) is 0.689. The fourth-order valence-corrected chi connectivity index (χ4v) is 1.66. The van der Waals surface area contributed by atoms with Gasteiger partial charge in [-0.3, -0.25) is 4.68 Å². The molecule has 0 spiro atoms. The summed E-state index contributed by atoms with van der Waals surface area (Å²) in [4.78, 5) is 0. The highest BCUT2D eigenvalue weighted by atomic mass is 32.2. The fourth-order valence-electron chi connectivity index (χ4n) is 0.946. The van der Waals surface area contributed by atoms with E-state index in [1.165, 1.54) is 10.7 Å². The molecule has 0 aliphatic rings. The zero-order valence-electron chi connectivity index (χ0n) is 6.98. The minimum absolute atomic E-state index is 0.0550. The Labute approximate surface area is 71.2 Å². The summed E-state index contributed by atoms with van der Waals surface area (Å²) >= 11 is 0. The number of aromatic nitrogens is 2. The molecule has 1 aromatic rings. The van der Waals surface area contributed by atoms with E-state index < -0.39 is 10.0 Å². The predicted molar refractivity (Wildman–Crippen MR) is 44.0 cm³/mol. The summed E-state index contributed by atoms with van der Waals surface area (Å²) in [5, 5.41) is 8.95. The van der Waals surface area contributed by atoms with Gasteiger partial charge in [0.15, 0.2) is 5.03 Å². The number of hydrogen-bond acceptors (Lipinski definition) is 3. The Balaban J connectivity index is 3.27. The van der Waals surface area contributed by atoms with E-state index >= 15 is 0 Å². The van der Waals surface area contributed by atoms with Gasteiger partial charge in [0.05, 0.1) is 5.69 Å². The minimum atomic E-state index is -3.62. The highest BCUT2D eigenvalue weighted by molar-refractivity contribution is 7.89. The predicted octanol–water partition coefficient (Wildman–Crippen LogP) is -0.370. The third-order valence-corrected chi connectivity index (χ3v) is 2.51. The van der Waals surface area contributed by atoms with E-state index in [9.17, 15) is 8.42 Å². The maximum absolute atomic E-state index is 10.9. The molecule has 0 fully saturated rings. The number of sulfonamides is 1. The highest BCUT2D eigenvalue weighted by Crippen LogP contribution is 2.07. The van der Waals surface area contributed by atoms with E-state index in [2.05, 4.69) is 5.10 Å². The maximum Gasteiger partial charge on any atom is 0.255 e. The maximum atomic E-state index is 10.9. The van der Waals surface area contributed by atoms with E-state index in [1.54, 1.807) is 7.05 Å². The van der Waals surface area contributed by atoms with Crippen molar-refractivity contribution >= 4 is 10.0 Å². The zero-order chi connectivity index (χ0) is 9.35. The van der Waals surface area contributed by atoms with E-state index in [4.69, 9.17) is 5.14 Å². The molecule has 0 aliphatic carbocycles. The van der Waals surface area contributed by atoms with Crippen LogP contribution in [0.25, 0.3) is 0 Å². The van der Waals surface area contributed by atoms with Gasteiger partial charge in [-0.05, 0) is 12.5 Å². The van der Waals surface area contributed by atoms with Crippen LogP contribution in [0.4, 0.5) is 0 Å². The average Bonchev–Trinajstić information content (AvgIpc) is 2.29. The van der Waals surface area contributed by atoms with Crippen molar-refractivity contribution in [3.05, 3.63) is 11.8 Å². The van der Waals surface area contributed by atoms with Gasteiger partial charge in [-0.2, -0.15) is 5.10 Å². The molecule has 1 rings (SSSR count). The molecule has 0 unspecified atom stereocenters. The van der Waals surface area contributed by atoms with Crippen molar-refractivity contribution < 1.29 is 8.42 Å². The van der Waals surface area contributed by atoms with Gasteiger partial charge in [0, 0.05) is 7.05 Å². The summed E-state index contributed by atoms with van der Waals surface area (Å²) in [6.07, 6.45) is 0.698. The lowest BCUT2D eigenvalue weighted by molar-refractivity contribution is 0.578. The van der Waals surface area contributed by atoms with Gasteiger partial charge in [-0.1, -0.05) is 6.92 Å². The number of primary sulfonamides is 1. The molecule has 68 valence electrons. The lowest BCUT2D eigenvalue weighted by Gasteiger charge is -1.95. The van der Waals surface area contributed by atoms with Crippen molar-refractivity contribution in [2.24, 2.45) is 12.2 Å². The third-order valence-electron chi connectivity index (χ3n) is 1.54. The summed E-state index contributed by atoms with van der Waals surface area (Å²) in [5.41, 5.74) is 0.724. The van der Waals surface area contributed by atoms with Gasteiger partial charge in [0.1, 0.15) is 0 Å². The van der Waals surface area contributed by atoms with Crippen LogP contribution in [0.2, 0.25) is 0 Å². The first kappa shape index (κ1) is 9.21. The summed E-state index contributed by atoms with van der Waals surface area (Å²) < 4.78 is 23.1. The van der Waals surface area contributed by atoms with Crippen LogP contribution in [0, 0.1) is 0 Å². The first-order valence-corrected chi connectivity index (χ1v) is 5.05. The molecule has 6 heteroatoms. The van der Waals surface area contributed by atoms with E-state index in [0.29, 0.717) is 6.42 Å². The molecule has 0 bridgehead atoms.